The van der Waals surface area contributed by atoms with E-state index in [0.29, 0.717) is 22.9 Å². The fourth-order valence-corrected chi connectivity index (χ4v) is 3.03. The van der Waals surface area contributed by atoms with E-state index < -0.39 is 15.7 Å². The second-order valence-electron chi connectivity index (χ2n) is 5.87. The largest absolute Gasteiger partial charge is 0.454 e. The van der Waals surface area contributed by atoms with Gasteiger partial charge >= 0.3 is 0 Å². The van der Waals surface area contributed by atoms with E-state index >= 15 is 0 Å². The number of nitrogens with zero attached hydrogens (tertiary/aromatic N) is 1. The first-order valence-corrected chi connectivity index (χ1v) is 9.88. The smallest absolute Gasteiger partial charge is 0.265 e. The minimum absolute atomic E-state index is 0.123. The Hall–Kier alpha value is -3.07. The summed E-state index contributed by atoms with van der Waals surface area (Å²) in [6, 6.07) is 11.4. The fraction of sp³-hybridized carbons (Fsp3) is 0.222. The number of oxime groups is 1. The van der Waals surface area contributed by atoms with Crippen LogP contribution in [0.2, 0.25) is 0 Å². The standard InChI is InChI=1S/C18H18N2O6S/c1-12(13-6-7-16-17(8-13)25-11-24-16)20-26-10-18(21)19-14-4-3-5-15(9-14)27(2,22)23/h3-9H,10-11H2,1-2H3,(H,19,21)/b20-12-. The normalized spacial score (nSPS) is 13.3. The van der Waals surface area contributed by atoms with Crippen LogP contribution in [-0.4, -0.2) is 39.7 Å². The van der Waals surface area contributed by atoms with E-state index in [1.54, 1.807) is 31.2 Å². The fourth-order valence-electron chi connectivity index (χ4n) is 2.36. The van der Waals surface area contributed by atoms with Crippen LogP contribution in [0.25, 0.3) is 0 Å². The Balaban J connectivity index is 1.57. The summed E-state index contributed by atoms with van der Waals surface area (Å²) in [5, 5.41) is 6.49. The quantitative estimate of drug-likeness (QED) is 0.599. The molecule has 0 spiro atoms. The predicted octanol–water partition coefficient (Wildman–Crippen LogP) is 2.20. The molecule has 0 fully saturated rings. The molecule has 3 rings (SSSR count). The molecule has 0 saturated carbocycles. The van der Waals surface area contributed by atoms with E-state index in [1.165, 1.54) is 12.1 Å². The van der Waals surface area contributed by atoms with E-state index in [-0.39, 0.29) is 18.3 Å². The molecule has 0 radical (unpaired) electrons. The van der Waals surface area contributed by atoms with Gasteiger partial charge in [-0.05, 0) is 43.3 Å². The molecule has 0 bridgehead atoms. The van der Waals surface area contributed by atoms with Gasteiger partial charge in [0.15, 0.2) is 27.9 Å². The van der Waals surface area contributed by atoms with Crippen molar-refractivity contribution in [1.29, 1.82) is 0 Å². The van der Waals surface area contributed by atoms with E-state index in [2.05, 4.69) is 10.5 Å². The van der Waals surface area contributed by atoms with E-state index in [9.17, 15) is 13.2 Å². The zero-order valence-corrected chi connectivity index (χ0v) is 15.6. The lowest BCUT2D eigenvalue weighted by Gasteiger charge is -2.07. The average molecular weight is 390 g/mol. The van der Waals surface area contributed by atoms with Gasteiger partial charge in [0.05, 0.1) is 10.6 Å². The third-order valence-corrected chi connectivity index (χ3v) is 4.84. The van der Waals surface area contributed by atoms with Crippen molar-refractivity contribution < 1.29 is 27.5 Å². The van der Waals surface area contributed by atoms with E-state index in [0.717, 1.165) is 11.8 Å². The van der Waals surface area contributed by atoms with Crippen molar-refractivity contribution in [2.75, 3.05) is 25.0 Å². The Kier molecular flexibility index (Phi) is 5.31. The molecule has 2 aromatic rings. The molecule has 1 amide bonds. The highest BCUT2D eigenvalue weighted by molar-refractivity contribution is 7.90. The maximum atomic E-state index is 12.0. The number of amides is 1. The van der Waals surface area contributed by atoms with Gasteiger partial charge < -0.3 is 19.6 Å². The van der Waals surface area contributed by atoms with Gasteiger partial charge in [0.25, 0.3) is 5.91 Å². The molecule has 1 N–H and O–H groups in total. The van der Waals surface area contributed by atoms with Gasteiger partial charge in [0, 0.05) is 17.5 Å². The molecule has 2 aromatic carbocycles. The Morgan fingerprint density at radius 3 is 2.74 bits per heavy atom. The van der Waals surface area contributed by atoms with Crippen LogP contribution in [-0.2, 0) is 19.5 Å². The highest BCUT2D eigenvalue weighted by Crippen LogP contribution is 2.32. The van der Waals surface area contributed by atoms with Gasteiger partial charge in [-0.1, -0.05) is 11.2 Å². The number of benzene rings is 2. The van der Waals surface area contributed by atoms with Crippen LogP contribution in [0.5, 0.6) is 11.5 Å². The van der Waals surface area contributed by atoms with Gasteiger partial charge in [-0.25, -0.2) is 8.42 Å². The van der Waals surface area contributed by atoms with Crippen molar-refractivity contribution in [2.24, 2.45) is 5.16 Å². The van der Waals surface area contributed by atoms with Crippen LogP contribution in [0.4, 0.5) is 5.69 Å². The second kappa shape index (κ2) is 7.67. The lowest BCUT2D eigenvalue weighted by molar-refractivity contribution is -0.120. The number of hydrogen-bond donors (Lipinski definition) is 1. The van der Waals surface area contributed by atoms with Crippen LogP contribution in [0.3, 0.4) is 0 Å². The number of sulfone groups is 1. The number of nitrogens with one attached hydrogen (secondary N) is 1. The molecule has 1 heterocycles. The van der Waals surface area contributed by atoms with Crippen LogP contribution >= 0.6 is 0 Å². The monoisotopic (exact) mass is 390 g/mol. The molecule has 0 aliphatic carbocycles. The number of anilines is 1. The topological polar surface area (TPSA) is 103 Å². The summed E-state index contributed by atoms with van der Waals surface area (Å²) in [5.41, 5.74) is 1.71. The molecule has 0 atom stereocenters. The van der Waals surface area contributed by atoms with Crippen molar-refractivity contribution >= 4 is 27.1 Å². The molecule has 1 aliphatic rings. The number of carbonyl (C=O) groups is 1. The van der Waals surface area contributed by atoms with Gasteiger partial charge in [-0.2, -0.15) is 0 Å². The third kappa shape index (κ3) is 4.76. The number of rotatable bonds is 6. The Bertz CT molecular complexity index is 1000. The molecular formula is C18H18N2O6S. The molecule has 1 aliphatic heterocycles. The molecule has 142 valence electrons. The molecule has 27 heavy (non-hydrogen) atoms. The zero-order chi connectivity index (χ0) is 19.4. The summed E-state index contributed by atoms with van der Waals surface area (Å²) in [4.78, 5) is 17.2. The van der Waals surface area contributed by atoms with Gasteiger partial charge in [0.1, 0.15) is 0 Å². The Labute approximate surface area is 156 Å². The molecule has 8 nitrogen and oxygen atoms in total. The highest BCUT2D eigenvalue weighted by Gasteiger charge is 2.14. The van der Waals surface area contributed by atoms with Crippen LogP contribution in [0, 0.1) is 0 Å². The Morgan fingerprint density at radius 1 is 1.19 bits per heavy atom. The molecule has 9 heteroatoms. The predicted molar refractivity (Wildman–Crippen MR) is 98.9 cm³/mol. The van der Waals surface area contributed by atoms with Gasteiger partial charge in [0.2, 0.25) is 6.79 Å². The van der Waals surface area contributed by atoms with Gasteiger partial charge in [-0.3, -0.25) is 4.79 Å². The Morgan fingerprint density at radius 2 is 1.96 bits per heavy atom. The van der Waals surface area contributed by atoms with E-state index in [1.807, 2.05) is 6.07 Å². The summed E-state index contributed by atoms with van der Waals surface area (Å²) >= 11 is 0. The van der Waals surface area contributed by atoms with E-state index in [4.69, 9.17) is 14.3 Å². The summed E-state index contributed by atoms with van der Waals surface area (Å²) in [6.07, 6.45) is 1.10. The van der Waals surface area contributed by atoms with Gasteiger partial charge in [-0.15, -0.1) is 0 Å². The number of hydrogen-bond acceptors (Lipinski definition) is 7. The van der Waals surface area contributed by atoms with Crippen LogP contribution in [0.15, 0.2) is 52.5 Å². The highest BCUT2D eigenvalue weighted by atomic mass is 32.2. The summed E-state index contributed by atoms with van der Waals surface area (Å²) in [7, 11) is -3.35. The van der Waals surface area contributed by atoms with Crippen molar-refractivity contribution in [3.05, 3.63) is 48.0 Å². The number of fused-ring (bicyclic) bond motifs is 1. The first-order valence-electron chi connectivity index (χ1n) is 7.99. The first kappa shape index (κ1) is 18.7. The van der Waals surface area contributed by atoms with Crippen LogP contribution in [0.1, 0.15) is 12.5 Å². The van der Waals surface area contributed by atoms with Crippen LogP contribution < -0.4 is 14.8 Å². The lowest BCUT2D eigenvalue weighted by Crippen LogP contribution is -2.17. The summed E-state index contributed by atoms with van der Waals surface area (Å²) in [6.45, 7) is 1.61. The van der Waals surface area contributed by atoms with Crippen molar-refractivity contribution in [2.45, 2.75) is 11.8 Å². The SMILES string of the molecule is C/C(=N/OCC(=O)Nc1cccc(S(C)(=O)=O)c1)c1ccc2c(c1)OCO2. The molecular weight excluding hydrogens is 372 g/mol. The lowest BCUT2D eigenvalue weighted by atomic mass is 10.1. The molecule has 0 saturated heterocycles. The third-order valence-electron chi connectivity index (χ3n) is 3.73. The summed E-state index contributed by atoms with van der Waals surface area (Å²) in [5.74, 6) is 0.844. The van der Waals surface area contributed by atoms with Crippen molar-refractivity contribution in [1.82, 2.24) is 0 Å². The minimum atomic E-state index is -3.35. The maximum Gasteiger partial charge on any atom is 0.265 e. The summed E-state index contributed by atoms with van der Waals surface area (Å²) < 4.78 is 33.7. The zero-order valence-electron chi connectivity index (χ0n) is 14.8. The molecule has 0 aromatic heterocycles. The molecule has 0 unspecified atom stereocenters. The van der Waals surface area contributed by atoms with Crippen molar-refractivity contribution in [3.63, 3.8) is 0 Å². The maximum absolute atomic E-state index is 12.0. The minimum Gasteiger partial charge on any atom is -0.454 e. The van der Waals surface area contributed by atoms with Crippen molar-refractivity contribution in [3.8, 4) is 11.5 Å². The second-order valence-corrected chi connectivity index (χ2v) is 7.88. The number of ether oxygens (including phenoxy) is 2. The number of carbonyl (C=O) groups excluding carboxylic acids is 1. The first-order chi connectivity index (χ1) is 12.8. The average Bonchev–Trinajstić information content (AvgIpc) is 3.08.